The number of unbranched alkanes of at least 4 members (excludes halogenated alkanes) is 1. The van der Waals surface area contributed by atoms with Crippen LogP contribution >= 0.6 is 0 Å². The van der Waals surface area contributed by atoms with Gasteiger partial charge in [0.2, 0.25) is 0 Å². The number of rotatable bonds is 10. The number of hydrogen-bond acceptors (Lipinski definition) is 2. The Bertz CT molecular complexity index is 335. The number of nitrogens with zero attached hydrogens (tertiary/aromatic N) is 1. The van der Waals surface area contributed by atoms with E-state index in [0.29, 0.717) is 12.1 Å². The van der Waals surface area contributed by atoms with Gasteiger partial charge in [0.1, 0.15) is 0 Å². The summed E-state index contributed by atoms with van der Waals surface area (Å²) in [4.78, 5) is 2.41. The van der Waals surface area contributed by atoms with Gasteiger partial charge in [-0.25, -0.2) is 0 Å². The van der Waals surface area contributed by atoms with Crippen molar-refractivity contribution >= 4 is 0 Å². The van der Waals surface area contributed by atoms with Crippen LogP contribution in [-0.2, 0) is 0 Å². The van der Waals surface area contributed by atoms with Gasteiger partial charge in [0.15, 0.2) is 0 Å². The molecule has 0 aliphatic rings. The third kappa shape index (κ3) is 6.53. The van der Waals surface area contributed by atoms with Crippen LogP contribution in [0, 0.1) is 0 Å². The van der Waals surface area contributed by atoms with Gasteiger partial charge in [0.25, 0.3) is 0 Å². The smallest absolute Gasteiger partial charge is 0.0320 e. The van der Waals surface area contributed by atoms with Crippen LogP contribution in [0.4, 0.5) is 0 Å². The van der Waals surface area contributed by atoms with Crippen molar-refractivity contribution in [3.8, 4) is 0 Å². The zero-order valence-corrected chi connectivity index (χ0v) is 13.7. The van der Waals surface area contributed by atoms with Gasteiger partial charge in [0, 0.05) is 12.1 Å². The van der Waals surface area contributed by atoms with E-state index in [0.717, 1.165) is 6.54 Å². The highest BCUT2D eigenvalue weighted by molar-refractivity contribution is 5.18. The van der Waals surface area contributed by atoms with Crippen LogP contribution in [0.15, 0.2) is 30.3 Å². The van der Waals surface area contributed by atoms with E-state index < -0.39 is 0 Å². The van der Waals surface area contributed by atoms with Gasteiger partial charge in [-0.2, -0.15) is 0 Å². The van der Waals surface area contributed by atoms with E-state index in [4.69, 9.17) is 0 Å². The molecular formula is C18H32N2. The van der Waals surface area contributed by atoms with Gasteiger partial charge in [-0.1, -0.05) is 50.1 Å². The molecule has 0 saturated heterocycles. The van der Waals surface area contributed by atoms with Crippen LogP contribution in [0.1, 0.15) is 58.1 Å². The Labute approximate surface area is 125 Å². The van der Waals surface area contributed by atoms with Crippen LogP contribution < -0.4 is 5.32 Å². The first-order valence-electron chi connectivity index (χ1n) is 8.13. The van der Waals surface area contributed by atoms with Crippen LogP contribution in [0.5, 0.6) is 0 Å². The minimum atomic E-state index is 0.514. The molecule has 1 unspecified atom stereocenters. The van der Waals surface area contributed by atoms with Crippen molar-refractivity contribution in [2.45, 2.75) is 58.5 Å². The summed E-state index contributed by atoms with van der Waals surface area (Å²) in [5.41, 5.74) is 1.43. The molecule has 20 heavy (non-hydrogen) atoms. The molecule has 1 atom stereocenters. The molecule has 0 fully saturated rings. The Morgan fingerprint density at radius 1 is 1.10 bits per heavy atom. The summed E-state index contributed by atoms with van der Waals surface area (Å²) in [6.45, 7) is 9.03. The van der Waals surface area contributed by atoms with Crippen LogP contribution in [0.25, 0.3) is 0 Å². The minimum absolute atomic E-state index is 0.514. The third-order valence-electron chi connectivity index (χ3n) is 4.01. The van der Waals surface area contributed by atoms with E-state index in [1.165, 1.54) is 37.8 Å². The van der Waals surface area contributed by atoms with Crippen molar-refractivity contribution in [2.24, 2.45) is 0 Å². The van der Waals surface area contributed by atoms with E-state index in [9.17, 15) is 0 Å². The first-order chi connectivity index (χ1) is 9.65. The Balaban J connectivity index is 2.38. The third-order valence-corrected chi connectivity index (χ3v) is 4.01. The maximum absolute atomic E-state index is 3.74. The summed E-state index contributed by atoms with van der Waals surface area (Å²) in [6.07, 6.45) is 5.00. The van der Waals surface area contributed by atoms with E-state index >= 15 is 0 Å². The topological polar surface area (TPSA) is 15.3 Å². The molecule has 0 amide bonds. The molecule has 1 rings (SSSR count). The second-order valence-corrected chi connectivity index (χ2v) is 5.99. The van der Waals surface area contributed by atoms with Crippen LogP contribution in [0.3, 0.4) is 0 Å². The highest BCUT2D eigenvalue weighted by Gasteiger charge is 2.10. The summed E-state index contributed by atoms with van der Waals surface area (Å²) in [5, 5.41) is 3.74. The van der Waals surface area contributed by atoms with Gasteiger partial charge < -0.3 is 10.2 Å². The van der Waals surface area contributed by atoms with E-state index in [2.05, 4.69) is 68.4 Å². The molecule has 0 saturated carbocycles. The molecule has 0 heterocycles. The van der Waals surface area contributed by atoms with Gasteiger partial charge in [-0.3, -0.25) is 0 Å². The lowest BCUT2D eigenvalue weighted by Gasteiger charge is -2.23. The SMILES string of the molecule is CCCCC(NCCCN(C)C(C)C)c1ccccc1. The highest BCUT2D eigenvalue weighted by atomic mass is 15.1. The summed E-state index contributed by atoms with van der Waals surface area (Å²) < 4.78 is 0. The molecule has 1 aromatic carbocycles. The minimum Gasteiger partial charge on any atom is -0.310 e. The highest BCUT2D eigenvalue weighted by Crippen LogP contribution is 2.19. The molecule has 0 spiro atoms. The summed E-state index contributed by atoms with van der Waals surface area (Å²) >= 11 is 0. The maximum atomic E-state index is 3.74. The second-order valence-electron chi connectivity index (χ2n) is 5.99. The fourth-order valence-corrected chi connectivity index (χ4v) is 2.34. The van der Waals surface area contributed by atoms with Crippen molar-refractivity contribution < 1.29 is 0 Å². The Morgan fingerprint density at radius 2 is 1.80 bits per heavy atom. The van der Waals surface area contributed by atoms with Crippen molar-refractivity contribution in [3.05, 3.63) is 35.9 Å². The zero-order valence-electron chi connectivity index (χ0n) is 13.7. The maximum Gasteiger partial charge on any atom is 0.0320 e. The van der Waals surface area contributed by atoms with E-state index in [-0.39, 0.29) is 0 Å². The lowest BCUT2D eigenvalue weighted by molar-refractivity contribution is 0.267. The zero-order chi connectivity index (χ0) is 14.8. The number of benzene rings is 1. The molecule has 2 nitrogen and oxygen atoms in total. The molecule has 0 radical (unpaired) electrons. The monoisotopic (exact) mass is 276 g/mol. The van der Waals surface area contributed by atoms with Crippen LogP contribution in [0.2, 0.25) is 0 Å². The molecule has 1 N–H and O–H groups in total. The quantitative estimate of drug-likeness (QED) is 0.643. The van der Waals surface area contributed by atoms with Crippen molar-refractivity contribution in [1.82, 2.24) is 10.2 Å². The molecule has 0 aromatic heterocycles. The summed E-state index contributed by atoms with van der Waals surface area (Å²) in [7, 11) is 2.20. The summed E-state index contributed by atoms with van der Waals surface area (Å²) in [6, 6.07) is 12.0. The fraction of sp³-hybridized carbons (Fsp3) is 0.667. The molecule has 114 valence electrons. The lowest BCUT2D eigenvalue weighted by Crippen LogP contribution is -2.30. The Kier molecular flexibility index (Phi) is 8.56. The van der Waals surface area contributed by atoms with Crippen molar-refractivity contribution in [3.63, 3.8) is 0 Å². The first-order valence-corrected chi connectivity index (χ1v) is 8.13. The number of nitrogens with one attached hydrogen (secondary N) is 1. The Hall–Kier alpha value is -0.860. The molecule has 0 aliphatic carbocycles. The van der Waals surface area contributed by atoms with Gasteiger partial charge in [0.05, 0.1) is 0 Å². The largest absolute Gasteiger partial charge is 0.310 e. The molecule has 0 bridgehead atoms. The second kappa shape index (κ2) is 9.95. The molecular weight excluding hydrogens is 244 g/mol. The lowest BCUT2D eigenvalue weighted by atomic mass is 10.0. The van der Waals surface area contributed by atoms with E-state index in [1.807, 2.05) is 0 Å². The van der Waals surface area contributed by atoms with Crippen molar-refractivity contribution in [2.75, 3.05) is 20.1 Å². The van der Waals surface area contributed by atoms with Crippen LogP contribution in [-0.4, -0.2) is 31.1 Å². The van der Waals surface area contributed by atoms with Gasteiger partial charge >= 0.3 is 0 Å². The van der Waals surface area contributed by atoms with Gasteiger partial charge in [-0.05, 0) is 52.4 Å². The molecule has 1 aromatic rings. The average Bonchev–Trinajstić information content (AvgIpc) is 2.47. The predicted molar refractivity (Wildman–Crippen MR) is 89.1 cm³/mol. The average molecular weight is 276 g/mol. The number of hydrogen-bond donors (Lipinski definition) is 1. The van der Waals surface area contributed by atoms with Crippen molar-refractivity contribution in [1.29, 1.82) is 0 Å². The summed E-state index contributed by atoms with van der Waals surface area (Å²) in [5.74, 6) is 0. The standard InChI is InChI=1S/C18H32N2/c1-5-6-13-18(17-11-8-7-9-12-17)19-14-10-15-20(4)16(2)3/h7-9,11-12,16,18-19H,5-6,10,13-15H2,1-4H3. The first kappa shape index (κ1) is 17.2. The molecule has 0 aliphatic heterocycles. The molecule has 2 heteroatoms. The van der Waals surface area contributed by atoms with Gasteiger partial charge in [-0.15, -0.1) is 0 Å². The van der Waals surface area contributed by atoms with E-state index in [1.54, 1.807) is 0 Å². The Morgan fingerprint density at radius 3 is 2.40 bits per heavy atom. The fourth-order valence-electron chi connectivity index (χ4n) is 2.34. The predicted octanol–water partition coefficient (Wildman–Crippen LogP) is 4.24. The normalized spacial score (nSPS) is 13.1.